The minimum Gasteiger partial charge on any atom is -0.420 e. The van der Waals surface area contributed by atoms with Gasteiger partial charge < -0.3 is 9.73 Å². The summed E-state index contributed by atoms with van der Waals surface area (Å²) in [6.07, 6.45) is 0.762. The minimum atomic E-state index is 0.477. The summed E-state index contributed by atoms with van der Waals surface area (Å²) in [5, 5.41) is 11.4. The molecule has 0 radical (unpaired) electrons. The van der Waals surface area contributed by atoms with Crippen LogP contribution in [0.1, 0.15) is 19.7 Å². The largest absolute Gasteiger partial charge is 0.420 e. The molecule has 0 bridgehead atoms. The van der Waals surface area contributed by atoms with Crippen molar-refractivity contribution >= 4 is 27.3 Å². The van der Waals surface area contributed by atoms with E-state index in [1.165, 1.54) is 0 Å². The molecule has 0 aliphatic carbocycles. The summed E-state index contributed by atoms with van der Waals surface area (Å²) in [7, 11) is 0. The molecule has 4 nitrogen and oxygen atoms in total. The maximum Gasteiger partial charge on any atom is 0.257 e. The Balaban J connectivity index is 1.96. The maximum absolute atomic E-state index is 5.59. The van der Waals surface area contributed by atoms with E-state index in [2.05, 4.69) is 45.3 Å². The number of rotatable bonds is 5. The molecule has 2 rings (SSSR count). The average molecular weight is 316 g/mol. The van der Waals surface area contributed by atoms with E-state index in [9.17, 15) is 0 Å². The normalized spacial score (nSPS) is 11.3. The SMILES string of the molecule is CC(C)NCCc1nnc(-c2ccc(Br)s2)o1. The Morgan fingerprint density at radius 1 is 1.41 bits per heavy atom. The molecule has 0 saturated carbocycles. The van der Waals surface area contributed by atoms with E-state index in [4.69, 9.17) is 4.42 Å². The summed E-state index contributed by atoms with van der Waals surface area (Å²) in [6, 6.07) is 4.42. The van der Waals surface area contributed by atoms with Crippen molar-refractivity contribution in [2.75, 3.05) is 6.54 Å². The molecule has 0 fully saturated rings. The highest BCUT2D eigenvalue weighted by atomic mass is 79.9. The zero-order chi connectivity index (χ0) is 12.3. The first-order valence-electron chi connectivity index (χ1n) is 5.46. The van der Waals surface area contributed by atoms with Crippen molar-refractivity contribution in [3.05, 3.63) is 21.8 Å². The Bertz CT molecular complexity index is 481. The van der Waals surface area contributed by atoms with Gasteiger partial charge in [0.15, 0.2) is 0 Å². The van der Waals surface area contributed by atoms with E-state index in [0.29, 0.717) is 17.8 Å². The predicted octanol–water partition coefficient (Wildman–Crippen LogP) is 3.10. The number of hydrogen-bond acceptors (Lipinski definition) is 5. The van der Waals surface area contributed by atoms with Crippen molar-refractivity contribution in [2.24, 2.45) is 0 Å². The molecular formula is C11H14BrN3OS. The van der Waals surface area contributed by atoms with Crippen LogP contribution in [0.3, 0.4) is 0 Å². The first kappa shape index (κ1) is 12.7. The van der Waals surface area contributed by atoms with E-state index < -0.39 is 0 Å². The van der Waals surface area contributed by atoms with Crippen LogP contribution < -0.4 is 5.32 Å². The molecule has 2 aromatic heterocycles. The molecule has 6 heteroatoms. The standard InChI is InChI=1S/C11H14BrN3OS/c1-7(2)13-6-5-10-14-15-11(16-10)8-3-4-9(12)17-8/h3-4,7,13H,5-6H2,1-2H3. The smallest absolute Gasteiger partial charge is 0.257 e. The van der Waals surface area contributed by atoms with Crippen LogP contribution in [-0.4, -0.2) is 22.8 Å². The second kappa shape index (κ2) is 5.75. The lowest BCUT2D eigenvalue weighted by Crippen LogP contribution is -2.25. The summed E-state index contributed by atoms with van der Waals surface area (Å²) < 4.78 is 6.66. The molecule has 2 heterocycles. The van der Waals surface area contributed by atoms with Crippen LogP contribution in [0, 0.1) is 0 Å². The Labute approximate surface area is 113 Å². The van der Waals surface area contributed by atoms with E-state index in [1.54, 1.807) is 11.3 Å². The lowest BCUT2D eigenvalue weighted by atomic mass is 10.3. The number of hydrogen-bond donors (Lipinski definition) is 1. The quantitative estimate of drug-likeness (QED) is 0.921. The molecule has 17 heavy (non-hydrogen) atoms. The van der Waals surface area contributed by atoms with Crippen molar-refractivity contribution in [2.45, 2.75) is 26.3 Å². The molecule has 0 aromatic carbocycles. The van der Waals surface area contributed by atoms with Gasteiger partial charge in [0.25, 0.3) is 5.89 Å². The van der Waals surface area contributed by atoms with E-state index in [1.807, 2.05) is 12.1 Å². The van der Waals surface area contributed by atoms with E-state index in [-0.39, 0.29) is 0 Å². The van der Waals surface area contributed by atoms with Crippen LogP contribution in [0.4, 0.5) is 0 Å². The maximum atomic E-state index is 5.59. The van der Waals surface area contributed by atoms with Crippen LogP contribution in [0.2, 0.25) is 0 Å². The van der Waals surface area contributed by atoms with Crippen molar-refractivity contribution in [1.29, 1.82) is 0 Å². The Morgan fingerprint density at radius 3 is 2.88 bits per heavy atom. The van der Waals surface area contributed by atoms with Gasteiger partial charge >= 0.3 is 0 Å². The third-order valence-electron chi connectivity index (χ3n) is 2.14. The lowest BCUT2D eigenvalue weighted by molar-refractivity contribution is 0.485. The summed E-state index contributed by atoms with van der Waals surface area (Å²) in [5.74, 6) is 1.28. The molecule has 0 atom stereocenters. The van der Waals surface area contributed by atoms with Crippen LogP contribution >= 0.6 is 27.3 Å². The van der Waals surface area contributed by atoms with Crippen LogP contribution in [0.15, 0.2) is 20.3 Å². The summed E-state index contributed by atoms with van der Waals surface area (Å²) in [4.78, 5) is 0.993. The highest BCUT2D eigenvalue weighted by Crippen LogP contribution is 2.30. The molecule has 0 unspecified atom stereocenters. The third kappa shape index (κ3) is 3.62. The van der Waals surface area contributed by atoms with Crippen molar-refractivity contribution in [3.63, 3.8) is 0 Å². The monoisotopic (exact) mass is 315 g/mol. The lowest BCUT2D eigenvalue weighted by Gasteiger charge is -2.04. The highest BCUT2D eigenvalue weighted by molar-refractivity contribution is 9.11. The predicted molar refractivity (Wildman–Crippen MR) is 72.2 cm³/mol. The van der Waals surface area contributed by atoms with Crippen molar-refractivity contribution in [1.82, 2.24) is 15.5 Å². The van der Waals surface area contributed by atoms with Gasteiger partial charge in [0.2, 0.25) is 5.89 Å². The second-order valence-electron chi connectivity index (χ2n) is 3.96. The van der Waals surface area contributed by atoms with Gasteiger partial charge in [-0.1, -0.05) is 13.8 Å². The summed E-state index contributed by atoms with van der Waals surface area (Å²) >= 11 is 5.00. The molecular weight excluding hydrogens is 302 g/mol. The summed E-state index contributed by atoms with van der Waals surface area (Å²) in [5.41, 5.74) is 0. The van der Waals surface area contributed by atoms with Gasteiger partial charge in [0.05, 0.1) is 8.66 Å². The Kier molecular flexibility index (Phi) is 4.31. The molecule has 2 aromatic rings. The van der Waals surface area contributed by atoms with Gasteiger partial charge in [0, 0.05) is 19.0 Å². The van der Waals surface area contributed by atoms with E-state index in [0.717, 1.165) is 21.6 Å². The van der Waals surface area contributed by atoms with Crippen molar-refractivity contribution < 1.29 is 4.42 Å². The van der Waals surface area contributed by atoms with Crippen LogP contribution in [0.5, 0.6) is 0 Å². The van der Waals surface area contributed by atoms with Gasteiger partial charge in [-0.05, 0) is 28.1 Å². The minimum absolute atomic E-state index is 0.477. The van der Waals surface area contributed by atoms with Gasteiger partial charge in [-0.2, -0.15) is 0 Å². The van der Waals surface area contributed by atoms with E-state index >= 15 is 0 Å². The van der Waals surface area contributed by atoms with Crippen LogP contribution in [0.25, 0.3) is 10.8 Å². The fourth-order valence-corrected chi connectivity index (χ4v) is 2.66. The highest BCUT2D eigenvalue weighted by Gasteiger charge is 2.10. The number of nitrogens with one attached hydrogen (secondary N) is 1. The van der Waals surface area contributed by atoms with Gasteiger partial charge in [-0.3, -0.25) is 0 Å². The molecule has 1 N–H and O–H groups in total. The van der Waals surface area contributed by atoms with Gasteiger partial charge in [-0.15, -0.1) is 21.5 Å². The first-order chi connectivity index (χ1) is 8.15. The van der Waals surface area contributed by atoms with Gasteiger partial charge in [0.1, 0.15) is 0 Å². The Hall–Kier alpha value is -0.720. The molecule has 0 spiro atoms. The molecule has 92 valence electrons. The number of thiophene rings is 1. The van der Waals surface area contributed by atoms with Crippen molar-refractivity contribution in [3.8, 4) is 10.8 Å². The fraction of sp³-hybridized carbons (Fsp3) is 0.455. The fourth-order valence-electron chi connectivity index (χ4n) is 1.35. The Morgan fingerprint density at radius 2 is 2.24 bits per heavy atom. The van der Waals surface area contributed by atoms with Gasteiger partial charge in [-0.25, -0.2) is 0 Å². The summed E-state index contributed by atoms with van der Waals surface area (Å²) in [6.45, 7) is 5.08. The first-order valence-corrected chi connectivity index (χ1v) is 7.07. The third-order valence-corrected chi connectivity index (χ3v) is 3.75. The van der Waals surface area contributed by atoms with Crippen LogP contribution in [-0.2, 0) is 6.42 Å². The topological polar surface area (TPSA) is 51.0 Å². The average Bonchev–Trinajstić information content (AvgIpc) is 2.86. The number of nitrogens with zero attached hydrogens (tertiary/aromatic N) is 2. The zero-order valence-electron chi connectivity index (χ0n) is 9.74. The molecule has 0 aliphatic heterocycles. The second-order valence-corrected chi connectivity index (χ2v) is 6.43. The number of halogens is 1. The number of aromatic nitrogens is 2. The molecule has 0 aliphatic rings. The molecule has 0 amide bonds. The molecule has 0 saturated heterocycles. The zero-order valence-corrected chi connectivity index (χ0v) is 12.1.